The van der Waals surface area contributed by atoms with E-state index in [2.05, 4.69) is 39.9 Å². The Balaban J connectivity index is 1.57. The number of fused-ring (bicyclic) bond motifs is 5. The predicted molar refractivity (Wildman–Crippen MR) is 162 cm³/mol. The largest absolute Gasteiger partial charge is 0.489 e. The third kappa shape index (κ3) is 4.15. The number of aromatic nitrogens is 2. The summed E-state index contributed by atoms with van der Waals surface area (Å²) >= 11 is 0. The minimum absolute atomic E-state index is 0.0116. The Kier molecular flexibility index (Phi) is 6.28. The highest BCUT2D eigenvalue weighted by Gasteiger charge is 2.47. The van der Waals surface area contributed by atoms with Gasteiger partial charge in [0, 0.05) is 10.9 Å². The molecule has 4 aromatic rings. The molecule has 0 saturated carbocycles. The van der Waals surface area contributed by atoms with Gasteiger partial charge in [0.1, 0.15) is 19.0 Å². The topological polar surface area (TPSA) is 90.7 Å². The van der Waals surface area contributed by atoms with Crippen LogP contribution in [0.5, 0.6) is 5.75 Å². The fraction of sp³-hybridized carbons (Fsp3) is 0.364. The minimum Gasteiger partial charge on any atom is -0.489 e. The summed E-state index contributed by atoms with van der Waals surface area (Å²) in [6.07, 6.45) is 0.112. The van der Waals surface area contributed by atoms with Crippen molar-refractivity contribution in [2.24, 2.45) is 0 Å². The number of esters is 1. The first kappa shape index (κ1) is 27.4. The molecule has 0 saturated heterocycles. The van der Waals surface area contributed by atoms with Crippen molar-refractivity contribution in [2.45, 2.75) is 77.6 Å². The second-order valence-electron chi connectivity index (χ2n) is 12.7. The molecule has 0 fully saturated rings. The van der Waals surface area contributed by atoms with Crippen molar-refractivity contribution in [3.05, 3.63) is 87.2 Å². The van der Waals surface area contributed by atoms with Crippen LogP contribution in [0.15, 0.2) is 59.4 Å². The van der Waals surface area contributed by atoms with E-state index >= 15 is 0 Å². The van der Waals surface area contributed by atoms with Gasteiger partial charge in [0.05, 0.1) is 37.1 Å². The number of pyridine rings is 2. The second kappa shape index (κ2) is 9.39. The molecule has 2 aliphatic rings. The van der Waals surface area contributed by atoms with E-state index in [1.54, 1.807) is 17.6 Å². The number of ether oxygens (including phenoxy) is 2. The molecule has 7 nitrogen and oxygen atoms in total. The van der Waals surface area contributed by atoms with Gasteiger partial charge in [0.2, 0.25) is 0 Å². The van der Waals surface area contributed by atoms with Crippen molar-refractivity contribution in [3.8, 4) is 17.1 Å². The molecular formula is C33H36N2O5Si. The highest BCUT2D eigenvalue weighted by molar-refractivity contribution is 6.94. The summed E-state index contributed by atoms with van der Waals surface area (Å²) < 4.78 is 13.2. The predicted octanol–water partition coefficient (Wildman–Crippen LogP) is 5.37. The van der Waals surface area contributed by atoms with Gasteiger partial charge in [-0.3, -0.25) is 4.79 Å². The van der Waals surface area contributed by atoms with Crippen molar-refractivity contribution in [1.29, 1.82) is 0 Å². The van der Waals surface area contributed by atoms with Crippen molar-refractivity contribution >= 4 is 30.1 Å². The fourth-order valence-corrected chi connectivity index (χ4v) is 8.55. The van der Waals surface area contributed by atoms with Gasteiger partial charge >= 0.3 is 5.97 Å². The zero-order chi connectivity index (χ0) is 29.3. The fourth-order valence-electron chi connectivity index (χ4n) is 5.98. The lowest BCUT2D eigenvalue weighted by atomic mass is 9.86. The Morgan fingerprint density at radius 1 is 1.07 bits per heavy atom. The van der Waals surface area contributed by atoms with Crippen LogP contribution in [-0.2, 0) is 34.9 Å². The van der Waals surface area contributed by atoms with Gasteiger partial charge in [-0.05, 0) is 52.0 Å². The number of nitrogens with zero attached hydrogens (tertiary/aromatic N) is 2. The van der Waals surface area contributed by atoms with Crippen LogP contribution >= 0.6 is 0 Å². The lowest BCUT2D eigenvalue weighted by Gasteiger charge is -2.39. The maximum Gasteiger partial charge on any atom is 0.343 e. The summed E-state index contributed by atoms with van der Waals surface area (Å²) in [4.78, 5) is 31.5. The molecule has 1 atom stereocenters. The first-order valence-electron chi connectivity index (χ1n) is 14.2. The van der Waals surface area contributed by atoms with Gasteiger partial charge < -0.3 is 19.1 Å². The van der Waals surface area contributed by atoms with Crippen LogP contribution < -0.4 is 15.5 Å². The highest BCUT2D eigenvalue weighted by Crippen LogP contribution is 2.43. The van der Waals surface area contributed by atoms with Gasteiger partial charge in [-0.25, -0.2) is 9.78 Å². The van der Waals surface area contributed by atoms with E-state index in [0.717, 1.165) is 33.5 Å². The first-order chi connectivity index (χ1) is 19.4. The number of carbonyl (C=O) groups excluding carboxylic acids is 1. The van der Waals surface area contributed by atoms with E-state index in [0.29, 0.717) is 30.0 Å². The van der Waals surface area contributed by atoms with Crippen LogP contribution in [0.2, 0.25) is 18.1 Å². The maximum atomic E-state index is 13.8. The van der Waals surface area contributed by atoms with Gasteiger partial charge in [0.15, 0.2) is 5.60 Å². The van der Waals surface area contributed by atoms with Gasteiger partial charge in [0.25, 0.3) is 5.56 Å². The number of carbonyl (C=O) groups is 1. The lowest BCUT2D eigenvalue weighted by Crippen LogP contribution is -2.51. The molecule has 2 aliphatic heterocycles. The van der Waals surface area contributed by atoms with E-state index in [4.69, 9.17) is 14.5 Å². The molecule has 4 heterocycles. The molecule has 212 valence electrons. The van der Waals surface area contributed by atoms with Crippen molar-refractivity contribution in [2.75, 3.05) is 0 Å². The molecule has 1 unspecified atom stereocenters. The molecule has 8 heteroatoms. The number of hydrogen-bond donors (Lipinski definition) is 1. The second-order valence-corrected chi connectivity index (χ2v) is 18.0. The van der Waals surface area contributed by atoms with Gasteiger partial charge in [-0.1, -0.05) is 71.1 Å². The molecule has 2 aromatic carbocycles. The summed E-state index contributed by atoms with van der Waals surface area (Å²) in [6, 6.07) is 17.9. The molecule has 0 radical (unpaired) electrons. The maximum absolute atomic E-state index is 13.8. The van der Waals surface area contributed by atoms with Crippen LogP contribution in [0, 0.1) is 0 Å². The van der Waals surface area contributed by atoms with E-state index < -0.39 is 19.6 Å². The Morgan fingerprint density at radius 2 is 1.80 bits per heavy atom. The Morgan fingerprint density at radius 3 is 2.49 bits per heavy atom. The molecule has 0 aliphatic carbocycles. The quantitative estimate of drug-likeness (QED) is 0.226. The summed E-state index contributed by atoms with van der Waals surface area (Å²) in [5, 5.41) is 13.6. The number of aliphatic hydroxyl groups is 1. The highest BCUT2D eigenvalue weighted by atomic mass is 28.3. The SMILES string of the molecule is CCC1(O)C(=O)OCc2c1cc1n(c2=O)Cc2c-1nc1ccc(OCc3ccccc3)cc1c2[Si](C)(C)C(C)(C)C. The number of rotatable bonds is 5. The number of hydrogen-bond acceptors (Lipinski definition) is 6. The Bertz CT molecular complexity index is 1770. The Labute approximate surface area is 240 Å². The molecule has 41 heavy (non-hydrogen) atoms. The van der Waals surface area contributed by atoms with Crippen LogP contribution in [0.1, 0.15) is 56.4 Å². The van der Waals surface area contributed by atoms with Crippen molar-refractivity contribution in [1.82, 2.24) is 9.55 Å². The normalized spacial score (nSPS) is 18.1. The smallest absolute Gasteiger partial charge is 0.343 e. The number of cyclic esters (lactones) is 1. The van der Waals surface area contributed by atoms with Crippen LogP contribution in [0.25, 0.3) is 22.3 Å². The standard InChI is InChI=1S/C33H36N2O5Si/c1-7-33(38)25-16-27-28-23(17-35(27)30(36)24(25)19-40-31(33)37)29(41(5,6)32(2,3)4)22-15-21(13-14-26(22)34-28)39-18-20-11-9-8-10-12-20/h8-16,38H,7,17-19H2,1-6H3. The summed E-state index contributed by atoms with van der Waals surface area (Å²) in [5.41, 5.74) is 2.92. The van der Waals surface area contributed by atoms with Crippen LogP contribution in [0.4, 0.5) is 0 Å². The van der Waals surface area contributed by atoms with E-state index in [1.807, 2.05) is 42.5 Å². The molecule has 6 rings (SSSR count). The lowest BCUT2D eigenvalue weighted by molar-refractivity contribution is -0.172. The minimum atomic E-state index is -2.19. The monoisotopic (exact) mass is 568 g/mol. The van der Waals surface area contributed by atoms with Crippen molar-refractivity contribution < 1.29 is 19.4 Å². The molecule has 2 aromatic heterocycles. The molecule has 0 spiro atoms. The van der Waals surface area contributed by atoms with E-state index in [1.165, 1.54) is 5.19 Å². The zero-order valence-electron chi connectivity index (χ0n) is 24.5. The van der Waals surface area contributed by atoms with E-state index in [-0.39, 0.29) is 23.6 Å². The molecule has 0 amide bonds. The molecule has 1 N–H and O–H groups in total. The number of benzene rings is 2. The molecular weight excluding hydrogens is 532 g/mol. The van der Waals surface area contributed by atoms with Gasteiger partial charge in [-0.15, -0.1) is 0 Å². The first-order valence-corrected chi connectivity index (χ1v) is 17.2. The molecule has 0 bridgehead atoms. The zero-order valence-corrected chi connectivity index (χ0v) is 25.5. The summed E-state index contributed by atoms with van der Waals surface area (Å²) in [7, 11) is -2.19. The summed E-state index contributed by atoms with van der Waals surface area (Å²) in [5.74, 6) is 0.0569. The third-order valence-corrected chi connectivity index (χ3v) is 15.0. The Hall–Kier alpha value is -3.75. The average molecular weight is 569 g/mol. The van der Waals surface area contributed by atoms with Gasteiger partial charge in [-0.2, -0.15) is 0 Å². The summed E-state index contributed by atoms with van der Waals surface area (Å²) in [6.45, 7) is 14.0. The van der Waals surface area contributed by atoms with Crippen molar-refractivity contribution in [3.63, 3.8) is 0 Å². The van der Waals surface area contributed by atoms with Crippen LogP contribution in [-0.4, -0.2) is 28.7 Å². The van der Waals surface area contributed by atoms with E-state index in [9.17, 15) is 14.7 Å². The third-order valence-electron chi connectivity index (χ3n) is 9.41. The average Bonchev–Trinajstić information content (AvgIpc) is 3.31. The van der Waals surface area contributed by atoms with Crippen LogP contribution in [0.3, 0.4) is 0 Å².